The smallest absolute Gasteiger partial charge is 0.319 e. The summed E-state index contributed by atoms with van der Waals surface area (Å²) in [7, 11) is 0. The Balaban J connectivity index is 1.44. The van der Waals surface area contributed by atoms with Gasteiger partial charge in [-0.3, -0.25) is 14.5 Å². The summed E-state index contributed by atoms with van der Waals surface area (Å²) in [6.07, 6.45) is 1.06. The number of amides is 4. The number of nitrogens with one attached hydrogen (secondary N) is 3. The Bertz CT molecular complexity index is 1390. The quantitative estimate of drug-likeness (QED) is 0.301. The largest absolute Gasteiger partial charge is 0.367 e. The summed E-state index contributed by atoms with van der Waals surface area (Å²) in [6.45, 7) is 8.59. The number of halogens is 1. The van der Waals surface area contributed by atoms with Crippen molar-refractivity contribution in [2.75, 3.05) is 41.8 Å². The number of ether oxygens (including phenoxy) is 1. The Morgan fingerprint density at radius 1 is 1.17 bits per heavy atom. The SMILES string of the molecule is CCOC(CNC(=O)Nc1ccc2c(c1)C(=O)N(CC1CC1)C(C)(O)N2CC(C)C)C(=O)Nc1ccc(C#N)c(Cl)c1. The number of fused-ring (bicyclic) bond motifs is 1. The summed E-state index contributed by atoms with van der Waals surface area (Å²) in [5.74, 6) is -1.65. The molecule has 1 saturated carbocycles. The number of rotatable bonds is 11. The van der Waals surface area contributed by atoms with E-state index in [9.17, 15) is 19.5 Å². The summed E-state index contributed by atoms with van der Waals surface area (Å²) < 4.78 is 5.53. The van der Waals surface area contributed by atoms with E-state index in [1.54, 1.807) is 38.1 Å². The van der Waals surface area contributed by atoms with Gasteiger partial charge in [-0.2, -0.15) is 5.26 Å². The van der Waals surface area contributed by atoms with Crippen LogP contribution in [0.15, 0.2) is 36.4 Å². The standard InChI is InChI=1S/C30H37ClN6O5/c1-5-42-26(27(38)34-22-9-8-20(14-32)24(31)13-22)15-33-29(40)35-21-10-11-25-23(12-21)28(39)37(17-19-6-7-19)30(4,41)36(25)16-18(2)3/h8-13,18-19,26,41H,5-7,15-17H2,1-4H3,(H,34,38)(H2,33,35,40). The van der Waals surface area contributed by atoms with Gasteiger partial charge in [0.1, 0.15) is 6.07 Å². The zero-order valence-corrected chi connectivity index (χ0v) is 25.0. The lowest BCUT2D eigenvalue weighted by Crippen LogP contribution is -2.65. The summed E-state index contributed by atoms with van der Waals surface area (Å²) in [6, 6.07) is 10.9. The Morgan fingerprint density at radius 3 is 2.48 bits per heavy atom. The topological polar surface area (TPSA) is 147 Å². The third-order valence-corrected chi connectivity index (χ3v) is 7.51. The lowest BCUT2D eigenvalue weighted by Gasteiger charge is -2.50. The van der Waals surface area contributed by atoms with Crippen molar-refractivity contribution in [2.24, 2.45) is 11.8 Å². The number of nitriles is 1. The number of urea groups is 1. The molecule has 0 saturated heterocycles. The predicted octanol–water partition coefficient (Wildman–Crippen LogP) is 4.37. The van der Waals surface area contributed by atoms with Crippen molar-refractivity contribution in [3.63, 3.8) is 0 Å². The predicted molar refractivity (Wildman–Crippen MR) is 160 cm³/mol. The maximum atomic E-state index is 13.6. The van der Waals surface area contributed by atoms with E-state index in [2.05, 4.69) is 16.0 Å². The molecule has 1 aliphatic heterocycles. The van der Waals surface area contributed by atoms with Crippen molar-refractivity contribution in [1.29, 1.82) is 5.26 Å². The minimum atomic E-state index is -1.47. The number of benzene rings is 2. The number of nitrogens with zero attached hydrogens (tertiary/aromatic N) is 3. The van der Waals surface area contributed by atoms with Crippen LogP contribution in [0.4, 0.5) is 21.9 Å². The van der Waals surface area contributed by atoms with Gasteiger partial charge in [-0.25, -0.2) is 4.79 Å². The number of aliphatic hydroxyl groups is 1. The van der Waals surface area contributed by atoms with Gasteiger partial charge < -0.3 is 30.7 Å². The van der Waals surface area contributed by atoms with Gasteiger partial charge in [-0.05, 0) is 68.0 Å². The van der Waals surface area contributed by atoms with Crippen LogP contribution >= 0.6 is 11.6 Å². The Morgan fingerprint density at radius 2 is 1.86 bits per heavy atom. The highest BCUT2D eigenvalue weighted by Crippen LogP contribution is 2.40. The van der Waals surface area contributed by atoms with Gasteiger partial charge in [0.15, 0.2) is 6.10 Å². The first-order valence-electron chi connectivity index (χ1n) is 14.1. The van der Waals surface area contributed by atoms with Gasteiger partial charge in [0.25, 0.3) is 11.8 Å². The molecule has 2 atom stereocenters. The maximum Gasteiger partial charge on any atom is 0.319 e. The van der Waals surface area contributed by atoms with Crippen molar-refractivity contribution in [2.45, 2.75) is 52.5 Å². The molecule has 12 heteroatoms. The normalized spacial score (nSPS) is 18.8. The first-order chi connectivity index (χ1) is 19.9. The molecule has 4 N–H and O–H groups in total. The van der Waals surface area contributed by atoms with E-state index in [-0.39, 0.29) is 35.6 Å². The third-order valence-electron chi connectivity index (χ3n) is 7.19. The fourth-order valence-corrected chi connectivity index (χ4v) is 5.10. The van der Waals surface area contributed by atoms with E-state index in [0.717, 1.165) is 12.8 Å². The number of carbonyl (C=O) groups excluding carboxylic acids is 3. The van der Waals surface area contributed by atoms with E-state index in [4.69, 9.17) is 21.6 Å². The van der Waals surface area contributed by atoms with E-state index in [1.807, 2.05) is 24.8 Å². The second kappa shape index (κ2) is 13.0. The molecule has 11 nitrogen and oxygen atoms in total. The van der Waals surface area contributed by atoms with Gasteiger partial charge >= 0.3 is 6.03 Å². The van der Waals surface area contributed by atoms with Crippen molar-refractivity contribution >= 4 is 46.5 Å². The molecule has 1 aliphatic carbocycles. The second-order valence-electron chi connectivity index (χ2n) is 11.1. The number of hydrogen-bond donors (Lipinski definition) is 4. The summed E-state index contributed by atoms with van der Waals surface area (Å²) in [5, 5.41) is 28.8. The minimum Gasteiger partial charge on any atom is -0.367 e. The van der Waals surface area contributed by atoms with Crippen LogP contribution in [0.5, 0.6) is 0 Å². The summed E-state index contributed by atoms with van der Waals surface area (Å²) in [4.78, 5) is 42.5. The maximum absolute atomic E-state index is 13.6. The van der Waals surface area contributed by atoms with Crippen LogP contribution in [0.1, 0.15) is 56.5 Å². The zero-order chi connectivity index (χ0) is 30.6. The molecular weight excluding hydrogens is 560 g/mol. The van der Waals surface area contributed by atoms with Crippen LogP contribution in [0, 0.1) is 23.2 Å². The molecule has 2 aliphatic rings. The minimum absolute atomic E-state index is 0.125. The molecule has 224 valence electrons. The molecule has 0 radical (unpaired) electrons. The van der Waals surface area contributed by atoms with Crippen LogP contribution in [0.25, 0.3) is 0 Å². The van der Waals surface area contributed by atoms with Gasteiger partial charge in [0.2, 0.25) is 5.85 Å². The van der Waals surface area contributed by atoms with Crippen molar-refractivity contribution in [1.82, 2.24) is 10.2 Å². The Labute approximate surface area is 250 Å². The number of hydrogen-bond acceptors (Lipinski definition) is 7. The highest BCUT2D eigenvalue weighted by atomic mass is 35.5. The van der Waals surface area contributed by atoms with Crippen LogP contribution in [-0.4, -0.2) is 66.0 Å². The lowest BCUT2D eigenvalue weighted by atomic mass is 10.0. The van der Waals surface area contributed by atoms with Gasteiger partial charge in [-0.1, -0.05) is 25.4 Å². The number of carbonyl (C=O) groups is 3. The first kappa shape index (κ1) is 31.1. The second-order valence-corrected chi connectivity index (χ2v) is 11.5. The van der Waals surface area contributed by atoms with E-state index in [1.165, 1.54) is 17.0 Å². The van der Waals surface area contributed by atoms with Crippen molar-refractivity contribution < 1.29 is 24.2 Å². The fraction of sp³-hybridized carbons (Fsp3) is 0.467. The Hall–Kier alpha value is -3.85. The Kier molecular flexibility index (Phi) is 9.61. The molecule has 0 bridgehead atoms. The van der Waals surface area contributed by atoms with Crippen LogP contribution < -0.4 is 20.9 Å². The average Bonchev–Trinajstić information content (AvgIpc) is 3.76. The van der Waals surface area contributed by atoms with Crippen LogP contribution in [-0.2, 0) is 9.53 Å². The molecule has 4 amide bonds. The van der Waals surface area contributed by atoms with Crippen molar-refractivity contribution in [3.8, 4) is 6.07 Å². The van der Waals surface area contributed by atoms with Gasteiger partial charge in [0.05, 0.1) is 28.4 Å². The highest BCUT2D eigenvalue weighted by Gasteiger charge is 2.47. The molecule has 42 heavy (non-hydrogen) atoms. The first-order valence-corrected chi connectivity index (χ1v) is 14.4. The molecule has 2 aromatic carbocycles. The van der Waals surface area contributed by atoms with Crippen LogP contribution in [0.3, 0.4) is 0 Å². The molecule has 1 fully saturated rings. The highest BCUT2D eigenvalue weighted by molar-refractivity contribution is 6.32. The van der Waals surface area contributed by atoms with Crippen LogP contribution in [0.2, 0.25) is 5.02 Å². The molecule has 1 heterocycles. The molecule has 0 aromatic heterocycles. The fourth-order valence-electron chi connectivity index (χ4n) is 4.88. The van der Waals surface area contributed by atoms with Crippen molar-refractivity contribution in [3.05, 3.63) is 52.5 Å². The van der Waals surface area contributed by atoms with E-state index >= 15 is 0 Å². The molecule has 4 rings (SSSR count). The molecular formula is C30H37ClN6O5. The van der Waals surface area contributed by atoms with Gasteiger partial charge in [-0.15, -0.1) is 0 Å². The monoisotopic (exact) mass is 596 g/mol. The van der Waals surface area contributed by atoms with E-state index in [0.29, 0.717) is 41.6 Å². The van der Waals surface area contributed by atoms with E-state index < -0.39 is 23.9 Å². The molecule has 2 aromatic rings. The summed E-state index contributed by atoms with van der Waals surface area (Å²) >= 11 is 6.05. The summed E-state index contributed by atoms with van der Waals surface area (Å²) in [5.41, 5.74) is 2.06. The third kappa shape index (κ3) is 7.13. The molecule has 2 unspecified atom stereocenters. The number of anilines is 3. The lowest BCUT2D eigenvalue weighted by molar-refractivity contribution is -0.126. The molecule has 0 spiro atoms. The van der Waals surface area contributed by atoms with Gasteiger partial charge in [0, 0.05) is 38.0 Å². The average molecular weight is 597 g/mol. The zero-order valence-electron chi connectivity index (χ0n) is 24.2.